The van der Waals surface area contributed by atoms with E-state index in [9.17, 15) is 0 Å². The Balaban J connectivity index is 1.23. The molecule has 0 unspecified atom stereocenters. The first-order valence-electron chi connectivity index (χ1n) is 22.9. The van der Waals surface area contributed by atoms with E-state index in [1.54, 1.807) is 0 Å². The lowest BCUT2D eigenvalue weighted by Crippen LogP contribution is -2.40. The molecule has 2 aromatic heterocycles. The summed E-state index contributed by atoms with van der Waals surface area (Å²) in [5.74, 6) is 0. The van der Waals surface area contributed by atoms with Gasteiger partial charge in [-0.15, -0.1) is 35.8 Å². The molecule has 3 aliphatic carbocycles. The van der Waals surface area contributed by atoms with Crippen molar-refractivity contribution in [3.63, 3.8) is 0 Å². The molecule has 2 heterocycles. The molecule has 2 heteroatoms. The van der Waals surface area contributed by atoms with Crippen LogP contribution >= 0.6 is 22.7 Å². The Labute approximate surface area is 375 Å². The molecule has 0 N–H and O–H groups in total. The fourth-order valence-electron chi connectivity index (χ4n) is 10.6. The highest BCUT2D eigenvalue weighted by atomic mass is 32.1. The van der Waals surface area contributed by atoms with E-state index >= 15 is 0 Å². The van der Waals surface area contributed by atoms with E-state index in [0.717, 1.165) is 25.7 Å². The summed E-state index contributed by atoms with van der Waals surface area (Å²) in [6.07, 6.45) is 12.9. The predicted molar refractivity (Wildman–Crippen MR) is 267 cm³/mol. The third-order valence-corrected chi connectivity index (χ3v) is 18.5. The molecular weight excluding hydrogens is 773 g/mol. The normalized spacial score (nSPS) is 15.3. The van der Waals surface area contributed by atoms with Crippen LogP contribution in [0.25, 0.3) is 20.9 Å². The summed E-state index contributed by atoms with van der Waals surface area (Å²) in [5.41, 5.74) is 19.6. The maximum Gasteiger partial charge on any atom is 0.0713 e. The lowest BCUT2D eigenvalue weighted by Gasteiger charge is -2.43. The monoisotopic (exact) mass is 838 g/mol. The van der Waals surface area contributed by atoms with Crippen molar-refractivity contribution in [1.29, 1.82) is 0 Å². The second kappa shape index (κ2) is 14.9. The van der Waals surface area contributed by atoms with Gasteiger partial charge in [0.2, 0.25) is 0 Å². The predicted octanol–water partition coefficient (Wildman–Crippen LogP) is 16.1. The van der Waals surface area contributed by atoms with Gasteiger partial charge in [0.25, 0.3) is 0 Å². The minimum absolute atomic E-state index is 0.0288. The van der Waals surface area contributed by atoms with Crippen LogP contribution in [-0.4, -0.2) is 0 Å². The number of aryl methyl sites for hydroxylation is 6. The lowest BCUT2D eigenvalue weighted by molar-refractivity contribution is 0.306. The van der Waals surface area contributed by atoms with Crippen LogP contribution in [0.4, 0.5) is 0 Å². The van der Waals surface area contributed by atoms with Gasteiger partial charge in [0.1, 0.15) is 0 Å². The third kappa shape index (κ3) is 6.73. The van der Waals surface area contributed by atoms with Gasteiger partial charge in [-0.1, -0.05) is 154 Å². The number of hydrogen-bond acceptors (Lipinski definition) is 2. The molecule has 0 saturated carbocycles. The van der Waals surface area contributed by atoms with Gasteiger partial charge >= 0.3 is 0 Å². The molecule has 0 amide bonds. The first-order valence-corrected chi connectivity index (χ1v) is 24.6. The van der Waals surface area contributed by atoms with Crippen molar-refractivity contribution in [2.24, 2.45) is 0 Å². The van der Waals surface area contributed by atoms with Crippen molar-refractivity contribution >= 4 is 22.7 Å². The fraction of sp³-hybridized carbons (Fsp3) is 0.390. The third-order valence-electron chi connectivity index (χ3n) is 15.2. The number of rotatable bonds is 12. The van der Waals surface area contributed by atoms with Crippen LogP contribution in [0.3, 0.4) is 0 Å². The highest BCUT2D eigenvalue weighted by molar-refractivity contribution is 7.22. The standard InChI is InChI=1S/C59H66S2/c1-13-15-17-41-33-51(60-53(41)56(6,7)8)52-34-42(18-16-14-2)54(61-52)58(11,12)57(9,10)44-28-30-48-47-29-27-43(55(3,4)5)35-49(47)59(50(48)36-44,45-25-23-37-19-21-39(37)31-45)46-26-24-38-20-22-40(38)32-46/h13-14,23-36H,1-2,15-22H2,3-12H3. The second-order valence-electron chi connectivity index (χ2n) is 21.6. The molecule has 0 bridgehead atoms. The Hall–Kier alpha value is -4.24. The van der Waals surface area contributed by atoms with E-state index in [2.05, 4.69) is 179 Å². The zero-order valence-electron chi connectivity index (χ0n) is 38.6. The van der Waals surface area contributed by atoms with Crippen molar-refractivity contribution in [2.75, 3.05) is 0 Å². The molecular formula is C59H66S2. The van der Waals surface area contributed by atoms with Gasteiger partial charge < -0.3 is 0 Å². The topological polar surface area (TPSA) is 0 Å². The molecule has 6 aromatic rings. The van der Waals surface area contributed by atoms with Gasteiger partial charge in [-0.3, -0.25) is 0 Å². The molecule has 0 nitrogen and oxygen atoms in total. The zero-order valence-corrected chi connectivity index (χ0v) is 40.3. The maximum absolute atomic E-state index is 4.16. The molecule has 0 saturated heterocycles. The van der Waals surface area contributed by atoms with E-state index in [1.165, 1.54) is 123 Å². The first kappa shape index (κ1) is 42.1. The highest BCUT2D eigenvalue weighted by Crippen LogP contribution is 2.59. The molecule has 0 fully saturated rings. The summed E-state index contributed by atoms with van der Waals surface area (Å²) < 4.78 is 0. The first-order chi connectivity index (χ1) is 28.9. The molecule has 0 spiro atoms. The number of fused-ring (bicyclic) bond motifs is 5. The average Bonchev–Trinajstić information content (AvgIpc) is 3.90. The highest BCUT2D eigenvalue weighted by Gasteiger charge is 2.49. The van der Waals surface area contributed by atoms with Crippen LogP contribution in [-0.2, 0) is 65.6 Å². The van der Waals surface area contributed by atoms with Crippen LogP contribution in [0.2, 0.25) is 0 Å². The molecule has 3 aliphatic rings. The number of benzene rings is 4. The fourth-order valence-corrected chi connectivity index (χ4v) is 13.4. The van der Waals surface area contributed by atoms with E-state index in [4.69, 9.17) is 0 Å². The van der Waals surface area contributed by atoms with E-state index < -0.39 is 5.41 Å². The number of hydrogen-bond donors (Lipinski definition) is 0. The van der Waals surface area contributed by atoms with Crippen LogP contribution in [0.1, 0.15) is 159 Å². The summed E-state index contributed by atoms with van der Waals surface area (Å²) in [7, 11) is 0. The second-order valence-corrected chi connectivity index (χ2v) is 23.7. The van der Waals surface area contributed by atoms with Crippen LogP contribution in [0.5, 0.6) is 0 Å². The van der Waals surface area contributed by atoms with E-state index in [-0.39, 0.29) is 21.7 Å². The van der Waals surface area contributed by atoms with Crippen molar-refractivity contribution in [3.05, 3.63) is 187 Å². The average molecular weight is 839 g/mol. The van der Waals surface area contributed by atoms with Crippen molar-refractivity contribution in [1.82, 2.24) is 0 Å². The Morgan fingerprint density at radius 2 is 0.951 bits per heavy atom. The van der Waals surface area contributed by atoms with Crippen LogP contribution in [0.15, 0.2) is 110 Å². The quantitative estimate of drug-likeness (QED) is 0.108. The minimum atomic E-state index is -0.421. The van der Waals surface area contributed by atoms with Crippen molar-refractivity contribution in [2.45, 2.75) is 148 Å². The lowest BCUT2D eigenvalue weighted by atomic mass is 9.61. The summed E-state index contributed by atoms with van der Waals surface area (Å²) >= 11 is 4.04. The van der Waals surface area contributed by atoms with Crippen LogP contribution < -0.4 is 0 Å². The Kier molecular flexibility index (Phi) is 10.3. The van der Waals surface area contributed by atoms with E-state index in [0.29, 0.717) is 0 Å². The smallest absolute Gasteiger partial charge is 0.0713 e. The Morgan fingerprint density at radius 1 is 0.492 bits per heavy atom. The van der Waals surface area contributed by atoms with Gasteiger partial charge in [0.15, 0.2) is 0 Å². The summed E-state index contributed by atoms with van der Waals surface area (Å²) in [4.78, 5) is 5.81. The molecule has 314 valence electrons. The molecule has 61 heavy (non-hydrogen) atoms. The number of allylic oxidation sites excluding steroid dienone is 2. The molecule has 0 aliphatic heterocycles. The molecule has 0 atom stereocenters. The largest absolute Gasteiger partial charge is 0.139 e. The SMILES string of the molecule is C=CCCc1cc(-c2cc(CCC=C)c(C(C)(C)C(C)(C)c3ccc4c(c3)C(c3ccc5c(c3)CC5)(c3ccc5c(c3)CC5)c3cc(C(C)(C)C)ccc3-4)s2)sc1C(C)(C)C. The van der Waals surface area contributed by atoms with Gasteiger partial charge in [-0.05, 0) is 158 Å². The van der Waals surface area contributed by atoms with Gasteiger partial charge in [-0.25, -0.2) is 0 Å². The molecule has 0 radical (unpaired) electrons. The van der Waals surface area contributed by atoms with Crippen LogP contribution in [0, 0.1) is 0 Å². The zero-order chi connectivity index (χ0) is 43.3. The van der Waals surface area contributed by atoms with Gasteiger partial charge in [0, 0.05) is 24.9 Å². The maximum atomic E-state index is 4.16. The molecule has 4 aromatic carbocycles. The Bertz CT molecular complexity index is 2650. The van der Waals surface area contributed by atoms with E-state index in [1.807, 2.05) is 22.7 Å². The van der Waals surface area contributed by atoms with Crippen molar-refractivity contribution < 1.29 is 0 Å². The minimum Gasteiger partial charge on any atom is -0.139 e. The van der Waals surface area contributed by atoms with Crippen molar-refractivity contribution in [3.8, 4) is 20.9 Å². The Morgan fingerprint density at radius 3 is 1.39 bits per heavy atom. The summed E-state index contributed by atoms with van der Waals surface area (Å²) in [6.45, 7) is 32.4. The molecule has 9 rings (SSSR count). The van der Waals surface area contributed by atoms with Gasteiger partial charge in [-0.2, -0.15) is 0 Å². The summed E-state index contributed by atoms with van der Waals surface area (Å²) in [5, 5.41) is 0. The number of thiophene rings is 2. The summed E-state index contributed by atoms with van der Waals surface area (Å²) in [6, 6.07) is 35.1. The van der Waals surface area contributed by atoms with Gasteiger partial charge in [0.05, 0.1) is 5.41 Å².